The molecule has 2 atom stereocenters. The zero-order valence-electron chi connectivity index (χ0n) is 9.18. The summed E-state index contributed by atoms with van der Waals surface area (Å²) in [6.07, 6.45) is 0. The van der Waals surface area contributed by atoms with Gasteiger partial charge in [0.1, 0.15) is 5.25 Å². The van der Waals surface area contributed by atoms with E-state index in [-0.39, 0.29) is 17.1 Å². The Labute approximate surface area is 99.7 Å². The van der Waals surface area contributed by atoms with Gasteiger partial charge in [0.15, 0.2) is 0 Å². The second kappa shape index (κ2) is 4.74. The van der Waals surface area contributed by atoms with Crippen molar-refractivity contribution in [2.24, 2.45) is 5.92 Å². The number of carbonyl (C=O) groups excluding carboxylic acids is 1. The molecule has 84 valence electrons. The van der Waals surface area contributed by atoms with Crippen LogP contribution in [0.1, 0.15) is 6.92 Å². The fourth-order valence-electron chi connectivity index (χ4n) is 1.68. The van der Waals surface area contributed by atoms with E-state index in [1.165, 1.54) is 0 Å². The van der Waals surface area contributed by atoms with E-state index in [0.29, 0.717) is 6.61 Å². The van der Waals surface area contributed by atoms with Gasteiger partial charge in [-0.3, -0.25) is 4.79 Å². The largest absolute Gasteiger partial charge is 0.464 e. The molecule has 1 heterocycles. The van der Waals surface area contributed by atoms with Crippen molar-refractivity contribution in [1.82, 2.24) is 0 Å². The van der Waals surface area contributed by atoms with Crippen molar-refractivity contribution in [1.29, 1.82) is 0 Å². The molecule has 1 fully saturated rings. The van der Waals surface area contributed by atoms with E-state index < -0.39 is 0 Å². The molecule has 0 amide bonds. The predicted molar refractivity (Wildman–Crippen MR) is 65.4 cm³/mol. The Morgan fingerprint density at radius 3 is 2.75 bits per heavy atom. The molecular weight excluding hydrogens is 220 g/mol. The van der Waals surface area contributed by atoms with E-state index in [4.69, 9.17) is 4.74 Å². The Morgan fingerprint density at radius 2 is 2.12 bits per heavy atom. The molecule has 0 N–H and O–H groups in total. The molecule has 0 radical (unpaired) electrons. The number of carbonyl (C=O) groups is 1. The van der Waals surface area contributed by atoms with Crippen molar-refractivity contribution in [3.8, 4) is 0 Å². The van der Waals surface area contributed by atoms with E-state index in [1.807, 2.05) is 37.3 Å². The number of rotatable bonds is 3. The minimum Gasteiger partial charge on any atom is -0.464 e. The number of cyclic esters (lactones) is 1. The van der Waals surface area contributed by atoms with Gasteiger partial charge in [0, 0.05) is 10.8 Å². The number of ether oxygens (including phenoxy) is 1. The second-order valence-corrected chi connectivity index (χ2v) is 5.15. The van der Waals surface area contributed by atoms with E-state index in [1.54, 1.807) is 11.8 Å². The van der Waals surface area contributed by atoms with Crippen LogP contribution in [0.2, 0.25) is 0 Å². The summed E-state index contributed by atoms with van der Waals surface area (Å²) in [6, 6.07) is 9.92. The first-order valence-corrected chi connectivity index (χ1v) is 6.10. The normalized spacial score (nSPS) is 24.2. The van der Waals surface area contributed by atoms with Gasteiger partial charge in [-0.1, -0.05) is 30.4 Å². The number of benzene rings is 1. The summed E-state index contributed by atoms with van der Waals surface area (Å²) < 4.78 is 5.09. The van der Waals surface area contributed by atoms with Crippen LogP contribution in [-0.4, -0.2) is 17.8 Å². The van der Waals surface area contributed by atoms with Crippen molar-refractivity contribution in [2.45, 2.75) is 17.1 Å². The fourth-order valence-corrected chi connectivity index (χ4v) is 2.93. The van der Waals surface area contributed by atoms with E-state index in [0.717, 1.165) is 10.5 Å². The van der Waals surface area contributed by atoms with E-state index in [9.17, 15) is 4.79 Å². The molecule has 0 bridgehead atoms. The zero-order chi connectivity index (χ0) is 11.5. The molecule has 2 unspecified atom stereocenters. The van der Waals surface area contributed by atoms with Gasteiger partial charge in [-0.2, -0.15) is 0 Å². The van der Waals surface area contributed by atoms with Crippen LogP contribution < -0.4 is 0 Å². The highest BCUT2D eigenvalue weighted by Crippen LogP contribution is 2.35. The summed E-state index contributed by atoms with van der Waals surface area (Å²) in [5, 5.41) is -0.139. The molecule has 2 rings (SSSR count). The van der Waals surface area contributed by atoms with Crippen LogP contribution in [0.4, 0.5) is 0 Å². The Morgan fingerprint density at radius 1 is 1.44 bits per heavy atom. The van der Waals surface area contributed by atoms with Crippen molar-refractivity contribution in [3.63, 3.8) is 0 Å². The minimum atomic E-state index is -0.139. The number of esters is 1. The third kappa shape index (κ3) is 2.30. The number of hydrogen-bond donors (Lipinski definition) is 0. The number of hydrogen-bond acceptors (Lipinski definition) is 3. The summed E-state index contributed by atoms with van der Waals surface area (Å²) >= 11 is 1.56. The summed E-state index contributed by atoms with van der Waals surface area (Å²) in [7, 11) is 0. The highest BCUT2D eigenvalue weighted by atomic mass is 32.2. The first-order valence-electron chi connectivity index (χ1n) is 5.22. The highest BCUT2D eigenvalue weighted by molar-refractivity contribution is 8.00. The molecule has 2 nitrogen and oxygen atoms in total. The molecule has 16 heavy (non-hydrogen) atoms. The van der Waals surface area contributed by atoms with Crippen molar-refractivity contribution in [2.75, 3.05) is 6.61 Å². The second-order valence-electron chi connectivity index (χ2n) is 3.93. The summed E-state index contributed by atoms with van der Waals surface area (Å²) in [5.74, 6) is 0.0135. The molecule has 1 saturated heterocycles. The molecule has 1 aliphatic rings. The van der Waals surface area contributed by atoms with Gasteiger partial charge in [-0.25, -0.2) is 0 Å². The maximum Gasteiger partial charge on any atom is 0.320 e. The molecule has 0 spiro atoms. The quantitative estimate of drug-likeness (QED) is 0.594. The smallest absolute Gasteiger partial charge is 0.320 e. The Hall–Kier alpha value is -1.22. The van der Waals surface area contributed by atoms with Gasteiger partial charge in [0.25, 0.3) is 0 Å². The summed E-state index contributed by atoms with van der Waals surface area (Å²) in [5.41, 5.74) is 1.01. The monoisotopic (exact) mass is 234 g/mol. The zero-order valence-corrected chi connectivity index (χ0v) is 10.00. The average molecular weight is 234 g/mol. The summed E-state index contributed by atoms with van der Waals surface area (Å²) in [4.78, 5) is 12.7. The molecule has 0 aliphatic carbocycles. The predicted octanol–water partition coefficient (Wildman–Crippen LogP) is 2.90. The molecule has 0 saturated carbocycles. The lowest BCUT2D eigenvalue weighted by atomic mass is 10.0. The first kappa shape index (κ1) is 11.3. The molecule has 0 aromatic heterocycles. The maximum absolute atomic E-state index is 11.6. The average Bonchev–Trinajstić information content (AvgIpc) is 2.62. The highest BCUT2D eigenvalue weighted by Gasteiger charge is 2.37. The molecule has 1 aliphatic heterocycles. The molecular formula is C13H14O2S. The maximum atomic E-state index is 11.6. The van der Waals surface area contributed by atoms with Gasteiger partial charge >= 0.3 is 5.97 Å². The first-order chi connectivity index (χ1) is 7.68. The van der Waals surface area contributed by atoms with Crippen molar-refractivity contribution in [3.05, 3.63) is 42.5 Å². The lowest BCUT2D eigenvalue weighted by Gasteiger charge is -2.14. The van der Waals surface area contributed by atoms with E-state index >= 15 is 0 Å². The lowest BCUT2D eigenvalue weighted by molar-refractivity contribution is -0.137. The van der Waals surface area contributed by atoms with Crippen LogP contribution in [0.15, 0.2) is 47.4 Å². The molecule has 1 aromatic rings. The minimum absolute atomic E-state index is 0.123. The third-order valence-electron chi connectivity index (χ3n) is 2.64. The van der Waals surface area contributed by atoms with Crippen LogP contribution in [0, 0.1) is 5.92 Å². The van der Waals surface area contributed by atoms with Crippen LogP contribution in [-0.2, 0) is 9.53 Å². The van der Waals surface area contributed by atoms with E-state index in [2.05, 4.69) is 6.58 Å². The SMILES string of the molecule is C=C(C)C1COC(=O)C1Sc1ccccc1. The van der Waals surface area contributed by atoms with Crippen LogP contribution in [0.5, 0.6) is 0 Å². The Kier molecular flexibility index (Phi) is 3.34. The van der Waals surface area contributed by atoms with Crippen molar-refractivity contribution >= 4 is 17.7 Å². The van der Waals surface area contributed by atoms with Gasteiger partial charge in [-0.05, 0) is 19.1 Å². The van der Waals surface area contributed by atoms with Gasteiger partial charge in [-0.15, -0.1) is 11.8 Å². The number of thioether (sulfide) groups is 1. The fraction of sp³-hybridized carbons (Fsp3) is 0.308. The third-order valence-corrected chi connectivity index (χ3v) is 3.96. The van der Waals surface area contributed by atoms with Gasteiger partial charge in [0.05, 0.1) is 6.61 Å². The Bertz CT molecular complexity index is 400. The Balaban J connectivity index is 2.13. The topological polar surface area (TPSA) is 26.3 Å². The molecule has 3 heteroatoms. The van der Waals surface area contributed by atoms with Crippen molar-refractivity contribution < 1.29 is 9.53 Å². The summed E-state index contributed by atoms with van der Waals surface area (Å²) in [6.45, 7) is 6.34. The van der Waals surface area contributed by atoms with Gasteiger partial charge in [0.2, 0.25) is 0 Å². The molecule has 1 aromatic carbocycles. The van der Waals surface area contributed by atoms with Crippen LogP contribution in [0.3, 0.4) is 0 Å². The lowest BCUT2D eigenvalue weighted by Crippen LogP contribution is -2.19. The van der Waals surface area contributed by atoms with Crippen LogP contribution >= 0.6 is 11.8 Å². The van der Waals surface area contributed by atoms with Crippen LogP contribution in [0.25, 0.3) is 0 Å². The van der Waals surface area contributed by atoms with Gasteiger partial charge < -0.3 is 4.74 Å². The standard InChI is InChI=1S/C13H14O2S/c1-9(2)11-8-15-13(14)12(11)16-10-6-4-3-5-7-10/h3-7,11-12H,1,8H2,2H3.